The Morgan fingerprint density at radius 1 is 1.43 bits per heavy atom. The van der Waals surface area contributed by atoms with E-state index in [0.717, 1.165) is 26.1 Å². The van der Waals surface area contributed by atoms with E-state index in [1.807, 2.05) is 13.8 Å². The van der Waals surface area contributed by atoms with Crippen molar-refractivity contribution < 1.29 is 14.6 Å². The summed E-state index contributed by atoms with van der Waals surface area (Å²) in [6, 6.07) is 0.251. The molecule has 0 unspecified atom stereocenters. The highest BCUT2D eigenvalue weighted by molar-refractivity contribution is 5.81. The van der Waals surface area contributed by atoms with Crippen molar-refractivity contribution in [1.29, 1.82) is 0 Å². The minimum absolute atomic E-state index is 0.0854. The van der Waals surface area contributed by atoms with Gasteiger partial charge in [-0.15, -0.1) is 0 Å². The van der Waals surface area contributed by atoms with Gasteiger partial charge in [0.2, 0.25) is 5.91 Å². The fourth-order valence-corrected chi connectivity index (χ4v) is 2.73. The molecule has 0 aromatic carbocycles. The number of β-amino-alcohol motifs (C(OH)–C–C–N with tert-alkyl or cyclic N) is 1. The summed E-state index contributed by atoms with van der Waals surface area (Å²) in [6.45, 7) is 10.6. The van der Waals surface area contributed by atoms with E-state index in [-0.39, 0.29) is 18.1 Å². The van der Waals surface area contributed by atoms with Gasteiger partial charge in [0.1, 0.15) is 0 Å². The van der Waals surface area contributed by atoms with E-state index < -0.39 is 0 Å². The van der Waals surface area contributed by atoms with Gasteiger partial charge in [0.15, 0.2) is 0 Å². The van der Waals surface area contributed by atoms with Crippen molar-refractivity contribution in [2.75, 3.05) is 46.4 Å². The molecule has 1 heterocycles. The third-order valence-corrected chi connectivity index (χ3v) is 4.05. The van der Waals surface area contributed by atoms with Crippen molar-refractivity contribution >= 4 is 5.91 Å². The monoisotopic (exact) mass is 301 g/mol. The largest absolute Gasteiger partial charge is 0.392 e. The first-order valence-corrected chi connectivity index (χ1v) is 7.88. The Hall–Kier alpha value is -0.690. The number of aliphatic hydroxyl groups excluding tert-OH is 1. The number of hydrogen-bond acceptors (Lipinski definition) is 5. The lowest BCUT2D eigenvalue weighted by atomic mass is 10.1. The number of hydrogen-bond donors (Lipinski definition) is 2. The summed E-state index contributed by atoms with van der Waals surface area (Å²) in [7, 11) is 1.67. The van der Waals surface area contributed by atoms with Crippen LogP contribution in [0.4, 0.5) is 0 Å². The average Bonchev–Trinajstić information content (AvgIpc) is 2.44. The van der Waals surface area contributed by atoms with Crippen molar-refractivity contribution in [3.8, 4) is 0 Å². The van der Waals surface area contributed by atoms with Crippen LogP contribution in [0.3, 0.4) is 0 Å². The highest BCUT2D eigenvalue weighted by Crippen LogP contribution is 2.13. The van der Waals surface area contributed by atoms with Crippen molar-refractivity contribution in [2.24, 2.45) is 0 Å². The van der Waals surface area contributed by atoms with E-state index in [1.54, 1.807) is 7.11 Å². The Morgan fingerprint density at radius 2 is 2.14 bits per heavy atom. The zero-order chi connectivity index (χ0) is 15.8. The minimum Gasteiger partial charge on any atom is -0.392 e. The van der Waals surface area contributed by atoms with E-state index in [2.05, 4.69) is 22.0 Å². The fraction of sp³-hybridized carbons (Fsp3) is 0.933. The van der Waals surface area contributed by atoms with Crippen LogP contribution < -0.4 is 5.32 Å². The molecule has 2 N–H and O–H groups in total. The first kappa shape index (κ1) is 18.4. The number of aliphatic hydroxyl groups is 1. The van der Waals surface area contributed by atoms with E-state index in [9.17, 15) is 9.90 Å². The zero-order valence-corrected chi connectivity index (χ0v) is 13.8. The number of ether oxygens (including phenoxy) is 1. The van der Waals surface area contributed by atoms with Crippen LogP contribution in [-0.4, -0.2) is 85.4 Å². The van der Waals surface area contributed by atoms with Crippen molar-refractivity contribution in [3.63, 3.8) is 0 Å². The number of methoxy groups -OCH3 is 1. The summed E-state index contributed by atoms with van der Waals surface area (Å²) >= 11 is 0. The van der Waals surface area contributed by atoms with Gasteiger partial charge in [0.05, 0.1) is 12.1 Å². The summed E-state index contributed by atoms with van der Waals surface area (Å²) in [5.41, 5.74) is 0. The summed E-state index contributed by atoms with van der Waals surface area (Å²) in [4.78, 5) is 16.6. The predicted octanol–water partition coefficient (Wildman–Crippen LogP) is -0.0855. The van der Waals surface area contributed by atoms with E-state index in [1.165, 1.54) is 0 Å². The van der Waals surface area contributed by atoms with Gasteiger partial charge in [-0.1, -0.05) is 0 Å². The maximum atomic E-state index is 12.1. The molecule has 3 atom stereocenters. The second-order valence-electron chi connectivity index (χ2n) is 6.00. The van der Waals surface area contributed by atoms with Crippen LogP contribution in [0.15, 0.2) is 0 Å². The third-order valence-electron chi connectivity index (χ3n) is 4.05. The van der Waals surface area contributed by atoms with Crippen LogP contribution in [0.5, 0.6) is 0 Å². The molecule has 6 heteroatoms. The molecule has 0 radical (unpaired) electrons. The zero-order valence-electron chi connectivity index (χ0n) is 13.8. The minimum atomic E-state index is -0.305. The van der Waals surface area contributed by atoms with Gasteiger partial charge in [0.25, 0.3) is 0 Å². The lowest BCUT2D eigenvalue weighted by Gasteiger charge is -2.42. The molecular weight excluding hydrogens is 270 g/mol. The average molecular weight is 301 g/mol. The number of nitrogens with zero attached hydrogens (tertiary/aromatic N) is 2. The Morgan fingerprint density at radius 3 is 2.71 bits per heavy atom. The molecule has 0 aromatic rings. The molecule has 1 rings (SSSR count). The van der Waals surface area contributed by atoms with Crippen LogP contribution in [0.1, 0.15) is 27.2 Å². The fourth-order valence-electron chi connectivity index (χ4n) is 2.73. The third kappa shape index (κ3) is 6.30. The molecule has 1 aliphatic heterocycles. The van der Waals surface area contributed by atoms with Gasteiger partial charge in [-0.2, -0.15) is 0 Å². The van der Waals surface area contributed by atoms with Gasteiger partial charge >= 0.3 is 0 Å². The topological polar surface area (TPSA) is 65.0 Å². The Kier molecular flexibility index (Phi) is 8.18. The molecule has 1 saturated heterocycles. The maximum Gasteiger partial charge on any atom is 0.237 e. The molecule has 6 nitrogen and oxygen atoms in total. The van der Waals surface area contributed by atoms with Crippen LogP contribution in [0.2, 0.25) is 0 Å². The second kappa shape index (κ2) is 9.35. The summed E-state index contributed by atoms with van der Waals surface area (Å²) in [5.74, 6) is 0.0854. The lowest BCUT2D eigenvalue weighted by Crippen LogP contribution is -2.58. The molecule has 124 valence electrons. The van der Waals surface area contributed by atoms with Crippen LogP contribution in [-0.2, 0) is 9.53 Å². The van der Waals surface area contributed by atoms with Gasteiger partial charge in [0, 0.05) is 52.5 Å². The molecule has 1 amide bonds. The number of carbonyl (C=O) groups excluding carboxylic acids is 1. The van der Waals surface area contributed by atoms with E-state index in [4.69, 9.17) is 4.74 Å². The standard InChI is InChI=1S/C15H31N3O3/c1-12-10-18(8-7-17(12)11-13(2)19)14(3)15(20)16-6-5-9-21-4/h12-14,19H,5-11H2,1-4H3,(H,16,20)/t12-,13+,14-/m0/s1. The van der Waals surface area contributed by atoms with E-state index >= 15 is 0 Å². The Labute approximate surface area is 128 Å². The number of amides is 1. The van der Waals surface area contributed by atoms with Crippen LogP contribution in [0.25, 0.3) is 0 Å². The van der Waals surface area contributed by atoms with Gasteiger partial charge in [-0.05, 0) is 27.2 Å². The highest BCUT2D eigenvalue weighted by atomic mass is 16.5. The smallest absolute Gasteiger partial charge is 0.237 e. The van der Waals surface area contributed by atoms with Crippen molar-refractivity contribution in [1.82, 2.24) is 15.1 Å². The molecule has 1 fully saturated rings. The maximum absolute atomic E-state index is 12.1. The molecule has 0 aliphatic carbocycles. The molecule has 21 heavy (non-hydrogen) atoms. The first-order valence-electron chi connectivity index (χ1n) is 7.88. The molecule has 0 aromatic heterocycles. The lowest BCUT2D eigenvalue weighted by molar-refractivity contribution is -0.127. The quantitative estimate of drug-likeness (QED) is 0.614. The summed E-state index contributed by atoms with van der Waals surface area (Å²) in [5, 5.41) is 12.5. The number of piperazine rings is 1. The van der Waals surface area contributed by atoms with Gasteiger partial charge in [-0.3, -0.25) is 14.6 Å². The van der Waals surface area contributed by atoms with Gasteiger partial charge in [-0.25, -0.2) is 0 Å². The summed E-state index contributed by atoms with van der Waals surface area (Å²) in [6.07, 6.45) is 0.536. The number of carbonyl (C=O) groups is 1. The highest BCUT2D eigenvalue weighted by Gasteiger charge is 2.29. The Balaban J connectivity index is 2.35. The SMILES string of the molecule is COCCCNC(=O)[C@H](C)N1CCN(C[C@@H](C)O)[C@@H](C)C1. The molecule has 0 bridgehead atoms. The number of rotatable bonds is 8. The number of nitrogens with one attached hydrogen (secondary N) is 1. The predicted molar refractivity (Wildman–Crippen MR) is 83.3 cm³/mol. The summed E-state index contributed by atoms with van der Waals surface area (Å²) < 4.78 is 4.97. The molecular formula is C15H31N3O3. The van der Waals surface area contributed by atoms with Crippen molar-refractivity contribution in [3.05, 3.63) is 0 Å². The first-order chi connectivity index (χ1) is 9.95. The molecule has 0 saturated carbocycles. The second-order valence-corrected chi connectivity index (χ2v) is 6.00. The van der Waals surface area contributed by atoms with Crippen molar-refractivity contribution in [2.45, 2.75) is 45.4 Å². The van der Waals surface area contributed by atoms with Crippen LogP contribution in [0, 0.1) is 0 Å². The van der Waals surface area contributed by atoms with E-state index in [0.29, 0.717) is 25.7 Å². The molecule has 1 aliphatic rings. The Bertz CT molecular complexity index is 313. The normalized spacial score (nSPS) is 23.8. The van der Waals surface area contributed by atoms with Crippen LogP contribution >= 0.6 is 0 Å². The van der Waals surface area contributed by atoms with Gasteiger partial charge < -0.3 is 15.2 Å². The molecule has 0 spiro atoms.